The number of amides is 3. The number of alkyl carbamates (subject to hydrolysis) is 1. The Morgan fingerprint density at radius 3 is 2.15 bits per heavy atom. The third-order valence-corrected chi connectivity index (χ3v) is 3.41. The number of ether oxygens (including phenoxy) is 1. The molecule has 0 fully saturated rings. The number of hydrogen-bond acceptors (Lipinski definition) is 4. The Bertz CT molecular complexity index is 678. The summed E-state index contributed by atoms with van der Waals surface area (Å²) in [5, 5.41) is 8.04. The zero-order valence-electron chi connectivity index (χ0n) is 16.5. The lowest BCUT2D eigenvalue weighted by atomic mass is 10.1. The maximum atomic E-state index is 12.3. The van der Waals surface area contributed by atoms with E-state index in [0.29, 0.717) is 11.4 Å². The number of rotatable bonds is 5. The van der Waals surface area contributed by atoms with Gasteiger partial charge in [0.1, 0.15) is 11.6 Å². The van der Waals surface area contributed by atoms with Gasteiger partial charge >= 0.3 is 6.09 Å². The van der Waals surface area contributed by atoms with Crippen molar-refractivity contribution >= 4 is 29.3 Å². The second-order valence-electron chi connectivity index (χ2n) is 7.53. The molecule has 1 rings (SSSR count). The predicted molar refractivity (Wildman–Crippen MR) is 102 cm³/mol. The van der Waals surface area contributed by atoms with Gasteiger partial charge in [-0.05, 0) is 52.3 Å². The fraction of sp³-hybridized carbons (Fsp3) is 0.526. The summed E-state index contributed by atoms with van der Waals surface area (Å²) >= 11 is 0. The van der Waals surface area contributed by atoms with Crippen LogP contribution in [0.2, 0.25) is 0 Å². The van der Waals surface area contributed by atoms with Gasteiger partial charge in [-0.2, -0.15) is 0 Å². The summed E-state index contributed by atoms with van der Waals surface area (Å²) < 4.78 is 5.14. The van der Waals surface area contributed by atoms with Gasteiger partial charge in [-0.1, -0.05) is 19.9 Å². The molecule has 3 amide bonds. The van der Waals surface area contributed by atoms with Crippen LogP contribution in [-0.4, -0.2) is 29.6 Å². The fourth-order valence-electron chi connectivity index (χ4n) is 1.91. The zero-order chi connectivity index (χ0) is 20.1. The molecular formula is C19H29N3O4. The van der Waals surface area contributed by atoms with Crippen molar-refractivity contribution in [3.05, 3.63) is 23.8 Å². The minimum atomic E-state index is -0.779. The SMILES string of the molecule is Cc1ccc(NC(=O)C(C)C)cc1NC(=O)[C@@H](C)NC(=O)OC(C)(C)C. The smallest absolute Gasteiger partial charge is 0.408 e. The van der Waals surface area contributed by atoms with Crippen molar-refractivity contribution in [1.29, 1.82) is 0 Å². The fourth-order valence-corrected chi connectivity index (χ4v) is 1.91. The lowest BCUT2D eigenvalue weighted by molar-refractivity contribution is -0.119. The van der Waals surface area contributed by atoms with Gasteiger partial charge in [0.25, 0.3) is 0 Å². The molecule has 0 saturated heterocycles. The van der Waals surface area contributed by atoms with Crippen LogP contribution in [0.4, 0.5) is 16.2 Å². The number of carbonyl (C=O) groups excluding carboxylic acids is 3. The monoisotopic (exact) mass is 363 g/mol. The van der Waals surface area contributed by atoms with Crippen LogP contribution in [0.1, 0.15) is 47.1 Å². The molecule has 1 aromatic rings. The van der Waals surface area contributed by atoms with E-state index < -0.39 is 17.7 Å². The molecule has 0 aliphatic carbocycles. The summed E-state index contributed by atoms with van der Waals surface area (Å²) in [7, 11) is 0. The van der Waals surface area contributed by atoms with Crippen molar-refractivity contribution in [3.8, 4) is 0 Å². The van der Waals surface area contributed by atoms with Crippen LogP contribution >= 0.6 is 0 Å². The second kappa shape index (κ2) is 8.69. The van der Waals surface area contributed by atoms with E-state index in [9.17, 15) is 14.4 Å². The lowest BCUT2D eigenvalue weighted by Crippen LogP contribution is -2.44. The molecule has 0 unspecified atom stereocenters. The van der Waals surface area contributed by atoms with Crippen molar-refractivity contribution in [3.63, 3.8) is 0 Å². The molecule has 0 saturated carbocycles. The van der Waals surface area contributed by atoms with Crippen LogP contribution < -0.4 is 16.0 Å². The first-order valence-corrected chi connectivity index (χ1v) is 8.61. The van der Waals surface area contributed by atoms with E-state index >= 15 is 0 Å². The van der Waals surface area contributed by atoms with Crippen molar-refractivity contribution in [2.24, 2.45) is 5.92 Å². The van der Waals surface area contributed by atoms with E-state index in [4.69, 9.17) is 4.74 Å². The van der Waals surface area contributed by atoms with Gasteiger partial charge in [0.2, 0.25) is 11.8 Å². The normalized spacial score (nSPS) is 12.3. The lowest BCUT2D eigenvalue weighted by Gasteiger charge is -2.22. The second-order valence-corrected chi connectivity index (χ2v) is 7.53. The highest BCUT2D eigenvalue weighted by Gasteiger charge is 2.21. The van der Waals surface area contributed by atoms with E-state index in [0.717, 1.165) is 5.56 Å². The first-order valence-electron chi connectivity index (χ1n) is 8.61. The first kappa shape index (κ1) is 21.5. The molecule has 144 valence electrons. The van der Waals surface area contributed by atoms with Gasteiger partial charge in [-0.15, -0.1) is 0 Å². The van der Waals surface area contributed by atoms with Gasteiger partial charge in [0.15, 0.2) is 0 Å². The molecule has 1 aromatic carbocycles. The van der Waals surface area contributed by atoms with Crippen LogP contribution in [0.15, 0.2) is 18.2 Å². The Balaban J connectivity index is 2.76. The van der Waals surface area contributed by atoms with E-state index in [-0.39, 0.29) is 17.7 Å². The van der Waals surface area contributed by atoms with Gasteiger partial charge in [-0.25, -0.2) is 4.79 Å². The minimum absolute atomic E-state index is 0.105. The van der Waals surface area contributed by atoms with Crippen molar-refractivity contribution in [2.45, 2.75) is 60.1 Å². The molecule has 0 aliphatic heterocycles. The molecular weight excluding hydrogens is 334 g/mol. The van der Waals surface area contributed by atoms with Crippen molar-refractivity contribution < 1.29 is 19.1 Å². The Morgan fingerprint density at radius 1 is 1.00 bits per heavy atom. The van der Waals surface area contributed by atoms with Crippen molar-refractivity contribution in [2.75, 3.05) is 10.6 Å². The quantitative estimate of drug-likeness (QED) is 0.746. The number of aryl methyl sites for hydroxylation is 1. The molecule has 7 heteroatoms. The van der Waals surface area contributed by atoms with Crippen LogP contribution in [0.5, 0.6) is 0 Å². The summed E-state index contributed by atoms with van der Waals surface area (Å²) in [5.41, 5.74) is 1.36. The molecule has 7 nitrogen and oxygen atoms in total. The molecule has 0 heterocycles. The van der Waals surface area contributed by atoms with E-state index in [1.807, 2.05) is 6.92 Å². The number of nitrogens with one attached hydrogen (secondary N) is 3. The van der Waals surface area contributed by atoms with Crippen LogP contribution in [-0.2, 0) is 14.3 Å². The Hall–Kier alpha value is -2.57. The highest BCUT2D eigenvalue weighted by molar-refractivity contribution is 5.98. The van der Waals surface area contributed by atoms with Gasteiger partial charge in [0, 0.05) is 17.3 Å². The Labute approximate surface area is 154 Å². The van der Waals surface area contributed by atoms with Crippen molar-refractivity contribution in [1.82, 2.24) is 5.32 Å². The molecule has 1 atom stereocenters. The first-order chi connectivity index (χ1) is 11.9. The predicted octanol–water partition coefficient (Wildman–Crippen LogP) is 3.44. The molecule has 0 bridgehead atoms. The summed E-state index contributed by atoms with van der Waals surface area (Å²) in [5.74, 6) is -0.634. The van der Waals surface area contributed by atoms with E-state index in [1.54, 1.807) is 59.7 Å². The number of hydrogen-bond donors (Lipinski definition) is 3. The average molecular weight is 363 g/mol. The largest absolute Gasteiger partial charge is 0.444 e. The highest BCUT2D eigenvalue weighted by Crippen LogP contribution is 2.21. The Kier molecular flexibility index (Phi) is 7.18. The summed E-state index contributed by atoms with van der Waals surface area (Å²) in [6.45, 7) is 12.3. The molecule has 0 spiro atoms. The average Bonchev–Trinajstić information content (AvgIpc) is 2.48. The third kappa shape index (κ3) is 7.13. The van der Waals surface area contributed by atoms with Gasteiger partial charge in [0.05, 0.1) is 0 Å². The topological polar surface area (TPSA) is 96.5 Å². The highest BCUT2D eigenvalue weighted by atomic mass is 16.6. The maximum Gasteiger partial charge on any atom is 0.408 e. The minimum Gasteiger partial charge on any atom is -0.444 e. The molecule has 3 N–H and O–H groups in total. The van der Waals surface area contributed by atoms with Crippen LogP contribution in [0, 0.1) is 12.8 Å². The number of carbonyl (C=O) groups is 3. The summed E-state index contributed by atoms with van der Waals surface area (Å²) in [4.78, 5) is 35.9. The zero-order valence-corrected chi connectivity index (χ0v) is 16.5. The standard InChI is InChI=1S/C19H29N3O4/c1-11(2)16(23)21-14-9-8-12(3)15(10-14)22-17(24)13(4)20-18(25)26-19(5,6)7/h8-11,13H,1-7H3,(H,20,25)(H,21,23)(H,22,24)/t13-/m1/s1. The maximum absolute atomic E-state index is 12.3. The van der Waals surface area contributed by atoms with E-state index in [1.165, 1.54) is 0 Å². The van der Waals surface area contributed by atoms with Crippen LogP contribution in [0.3, 0.4) is 0 Å². The number of benzene rings is 1. The third-order valence-electron chi connectivity index (χ3n) is 3.41. The summed E-state index contributed by atoms with van der Waals surface area (Å²) in [6.07, 6.45) is -0.658. The van der Waals surface area contributed by atoms with E-state index in [2.05, 4.69) is 16.0 Å². The number of anilines is 2. The molecule has 0 radical (unpaired) electrons. The summed E-state index contributed by atoms with van der Waals surface area (Å²) in [6, 6.07) is 4.48. The van der Waals surface area contributed by atoms with Gasteiger partial charge in [-0.3, -0.25) is 9.59 Å². The van der Waals surface area contributed by atoms with Crippen LogP contribution in [0.25, 0.3) is 0 Å². The molecule has 0 aromatic heterocycles. The molecule has 26 heavy (non-hydrogen) atoms. The van der Waals surface area contributed by atoms with Gasteiger partial charge < -0.3 is 20.7 Å². The Morgan fingerprint density at radius 2 is 1.62 bits per heavy atom. The molecule has 0 aliphatic rings.